The number of aromatic nitrogens is 1. The predicted molar refractivity (Wildman–Crippen MR) is 67.6 cm³/mol. The summed E-state index contributed by atoms with van der Waals surface area (Å²) in [6, 6.07) is 13.0. The van der Waals surface area contributed by atoms with Crippen molar-refractivity contribution in [3.05, 3.63) is 59.8 Å². The molecule has 0 fully saturated rings. The molecule has 0 saturated heterocycles. The lowest BCUT2D eigenvalue weighted by Crippen LogP contribution is -2.11. The molecule has 18 heavy (non-hydrogen) atoms. The van der Waals surface area contributed by atoms with Gasteiger partial charge in [0.1, 0.15) is 5.82 Å². The van der Waals surface area contributed by atoms with Gasteiger partial charge in [0.25, 0.3) is 0 Å². The minimum absolute atomic E-state index is 0.364. The Morgan fingerprint density at radius 1 is 1.22 bits per heavy atom. The van der Waals surface area contributed by atoms with E-state index in [1.54, 1.807) is 12.1 Å². The van der Waals surface area contributed by atoms with Crippen molar-refractivity contribution in [1.82, 2.24) is 4.98 Å². The zero-order chi connectivity index (χ0) is 12.8. The first-order valence-electron chi connectivity index (χ1n) is 5.43. The molecule has 0 bridgehead atoms. The van der Waals surface area contributed by atoms with Crippen LogP contribution in [0.5, 0.6) is 0 Å². The molecule has 1 heterocycles. The van der Waals surface area contributed by atoms with E-state index in [0.29, 0.717) is 18.0 Å². The number of nitrogens with one attached hydrogen (secondary N) is 1. The normalized spacial score (nSPS) is 10.0. The summed E-state index contributed by atoms with van der Waals surface area (Å²) in [5.41, 5.74) is 9.22. The zero-order valence-corrected chi connectivity index (χ0v) is 9.67. The monoisotopic (exact) mass is 243 g/mol. The van der Waals surface area contributed by atoms with E-state index in [9.17, 15) is 4.79 Å². The fourth-order valence-electron chi connectivity index (χ4n) is 1.37. The maximum atomic E-state index is 10.8. The summed E-state index contributed by atoms with van der Waals surface area (Å²) in [6.07, 6.45) is 1.40. The van der Waals surface area contributed by atoms with Crippen LogP contribution in [0.15, 0.2) is 48.7 Å². The number of carbonyl (C=O) groups excluding carboxylic acids is 1. The Balaban J connectivity index is 1.85. The molecule has 5 heteroatoms. The molecule has 0 radical (unpaired) electrons. The third kappa shape index (κ3) is 3.29. The van der Waals surface area contributed by atoms with Crippen LogP contribution in [-0.2, 0) is 11.4 Å². The van der Waals surface area contributed by atoms with E-state index in [2.05, 4.69) is 10.5 Å². The molecule has 1 aromatic carbocycles. The lowest BCUT2D eigenvalue weighted by atomic mass is 10.2. The summed E-state index contributed by atoms with van der Waals surface area (Å²) in [5.74, 6) is 0.0233. The number of nitrogens with two attached hydrogens (primary N) is 1. The molecular weight excluding hydrogens is 230 g/mol. The van der Waals surface area contributed by atoms with Gasteiger partial charge in [-0.1, -0.05) is 30.3 Å². The highest BCUT2D eigenvalue weighted by atomic mass is 16.6. The lowest BCUT2D eigenvalue weighted by molar-refractivity contribution is 0.1000. The van der Waals surface area contributed by atoms with Crippen LogP contribution in [0.4, 0.5) is 5.82 Å². The van der Waals surface area contributed by atoms with Crippen molar-refractivity contribution in [3.8, 4) is 0 Å². The highest BCUT2D eigenvalue weighted by Gasteiger charge is 2.00. The molecule has 0 atom stereocenters. The van der Waals surface area contributed by atoms with Crippen molar-refractivity contribution in [1.29, 1.82) is 0 Å². The molecular formula is C13H13N3O2. The largest absolute Gasteiger partial charge is 0.366 e. The molecule has 5 nitrogen and oxygen atoms in total. The van der Waals surface area contributed by atoms with Crippen molar-refractivity contribution in [2.24, 2.45) is 5.73 Å². The van der Waals surface area contributed by atoms with Crippen LogP contribution in [0.2, 0.25) is 0 Å². The molecule has 2 aromatic rings. The van der Waals surface area contributed by atoms with Crippen LogP contribution in [0.25, 0.3) is 0 Å². The Bertz CT molecular complexity index is 512. The van der Waals surface area contributed by atoms with Crippen LogP contribution in [0.1, 0.15) is 15.9 Å². The Labute approximate surface area is 105 Å². The second-order valence-electron chi connectivity index (χ2n) is 3.67. The molecule has 0 aliphatic heterocycles. The fourth-order valence-corrected chi connectivity index (χ4v) is 1.37. The van der Waals surface area contributed by atoms with Gasteiger partial charge in [0.2, 0.25) is 5.91 Å². The van der Waals surface area contributed by atoms with Crippen LogP contribution < -0.4 is 11.2 Å². The summed E-state index contributed by atoms with van der Waals surface area (Å²) in [7, 11) is 0. The van der Waals surface area contributed by atoms with Gasteiger partial charge in [-0.15, -0.1) is 0 Å². The van der Waals surface area contributed by atoms with Crippen molar-refractivity contribution in [3.63, 3.8) is 0 Å². The first-order valence-corrected chi connectivity index (χ1v) is 5.43. The first kappa shape index (κ1) is 12.1. The highest BCUT2D eigenvalue weighted by molar-refractivity contribution is 5.92. The number of primary amides is 1. The quantitative estimate of drug-likeness (QED) is 0.784. The molecule has 2 rings (SSSR count). The number of nitrogens with zero attached hydrogens (tertiary/aromatic N) is 1. The van der Waals surface area contributed by atoms with E-state index in [-0.39, 0.29) is 0 Å². The predicted octanol–water partition coefficient (Wildman–Crippen LogP) is 1.72. The molecule has 0 saturated carbocycles. The average Bonchev–Trinajstić information content (AvgIpc) is 2.40. The lowest BCUT2D eigenvalue weighted by Gasteiger charge is -2.06. The van der Waals surface area contributed by atoms with Crippen molar-refractivity contribution in [2.45, 2.75) is 6.61 Å². The second kappa shape index (κ2) is 5.79. The van der Waals surface area contributed by atoms with E-state index >= 15 is 0 Å². The number of amides is 1. The van der Waals surface area contributed by atoms with Crippen molar-refractivity contribution >= 4 is 11.7 Å². The van der Waals surface area contributed by atoms with Crippen LogP contribution in [0.3, 0.4) is 0 Å². The van der Waals surface area contributed by atoms with Gasteiger partial charge in [0.15, 0.2) is 0 Å². The number of carbonyl (C=O) groups is 1. The maximum absolute atomic E-state index is 10.8. The smallest absolute Gasteiger partial charge is 0.250 e. The number of anilines is 1. The van der Waals surface area contributed by atoms with E-state index < -0.39 is 5.91 Å². The number of benzene rings is 1. The molecule has 1 amide bonds. The number of hydrogen-bond acceptors (Lipinski definition) is 4. The topological polar surface area (TPSA) is 77.2 Å². The van der Waals surface area contributed by atoms with Crippen LogP contribution in [0, 0.1) is 0 Å². The molecule has 0 spiro atoms. The van der Waals surface area contributed by atoms with Gasteiger partial charge in [-0.2, -0.15) is 0 Å². The molecule has 0 unspecified atom stereocenters. The Morgan fingerprint density at radius 2 is 2.00 bits per heavy atom. The number of pyridine rings is 1. The van der Waals surface area contributed by atoms with E-state index in [1.165, 1.54) is 6.20 Å². The van der Waals surface area contributed by atoms with E-state index in [4.69, 9.17) is 10.6 Å². The minimum Gasteiger partial charge on any atom is -0.366 e. The van der Waals surface area contributed by atoms with Gasteiger partial charge < -0.3 is 5.73 Å². The molecule has 3 N–H and O–H groups in total. The zero-order valence-electron chi connectivity index (χ0n) is 9.67. The molecule has 92 valence electrons. The van der Waals surface area contributed by atoms with Crippen molar-refractivity contribution in [2.75, 3.05) is 5.48 Å². The first-order chi connectivity index (χ1) is 8.75. The SMILES string of the molecule is NC(=O)c1ccc(NOCc2ccccc2)nc1. The minimum atomic E-state index is -0.501. The Morgan fingerprint density at radius 3 is 2.61 bits per heavy atom. The third-order valence-electron chi connectivity index (χ3n) is 2.31. The Hall–Kier alpha value is -2.40. The molecule has 0 aliphatic carbocycles. The molecule has 1 aromatic heterocycles. The number of rotatable bonds is 5. The van der Waals surface area contributed by atoms with Gasteiger partial charge in [-0.05, 0) is 17.7 Å². The standard InChI is InChI=1S/C13H13N3O2/c14-13(17)11-6-7-12(15-8-11)16-18-9-10-4-2-1-3-5-10/h1-8H,9H2,(H2,14,17)(H,15,16). The maximum Gasteiger partial charge on any atom is 0.250 e. The highest BCUT2D eigenvalue weighted by Crippen LogP contribution is 2.06. The summed E-state index contributed by atoms with van der Waals surface area (Å²) < 4.78 is 0. The van der Waals surface area contributed by atoms with Crippen LogP contribution in [-0.4, -0.2) is 10.9 Å². The average molecular weight is 243 g/mol. The Kier molecular flexibility index (Phi) is 3.88. The van der Waals surface area contributed by atoms with E-state index in [1.807, 2.05) is 30.3 Å². The van der Waals surface area contributed by atoms with Crippen LogP contribution >= 0.6 is 0 Å². The fraction of sp³-hybridized carbons (Fsp3) is 0.0769. The van der Waals surface area contributed by atoms with Gasteiger partial charge >= 0.3 is 0 Å². The van der Waals surface area contributed by atoms with Gasteiger partial charge in [-0.25, -0.2) is 10.5 Å². The third-order valence-corrected chi connectivity index (χ3v) is 2.31. The molecule has 0 aliphatic rings. The number of hydrogen-bond donors (Lipinski definition) is 2. The van der Waals surface area contributed by atoms with Gasteiger partial charge in [0.05, 0.1) is 12.2 Å². The second-order valence-corrected chi connectivity index (χ2v) is 3.67. The van der Waals surface area contributed by atoms with Crippen molar-refractivity contribution < 1.29 is 9.63 Å². The summed E-state index contributed by atoms with van der Waals surface area (Å²) in [6.45, 7) is 0.431. The van der Waals surface area contributed by atoms with Gasteiger partial charge in [0, 0.05) is 6.20 Å². The van der Waals surface area contributed by atoms with Gasteiger partial charge in [-0.3, -0.25) is 9.63 Å². The summed E-state index contributed by atoms with van der Waals surface area (Å²) >= 11 is 0. The summed E-state index contributed by atoms with van der Waals surface area (Å²) in [4.78, 5) is 20.1. The summed E-state index contributed by atoms with van der Waals surface area (Å²) in [5, 5.41) is 0. The van der Waals surface area contributed by atoms with E-state index in [0.717, 1.165) is 5.56 Å².